The topological polar surface area (TPSA) is 64.7 Å². The number of rotatable bonds is 6. The number of para-hydroxylation sites is 2. The van der Waals surface area contributed by atoms with Crippen molar-refractivity contribution in [1.82, 2.24) is 0 Å². The Balaban J connectivity index is 1.68. The van der Waals surface area contributed by atoms with Gasteiger partial charge in [0.25, 0.3) is 0 Å². The highest BCUT2D eigenvalue weighted by molar-refractivity contribution is 8.00. The summed E-state index contributed by atoms with van der Waals surface area (Å²) in [6.45, 7) is 1.86. The van der Waals surface area contributed by atoms with E-state index in [0.29, 0.717) is 22.4 Å². The Bertz CT molecular complexity index is 357. The van der Waals surface area contributed by atoms with Gasteiger partial charge < -0.3 is 20.3 Å². The van der Waals surface area contributed by atoms with E-state index < -0.39 is 6.10 Å². The van der Waals surface area contributed by atoms with E-state index in [-0.39, 0.29) is 6.61 Å². The number of nitrogens with two attached hydrogens (primary N) is 1. The van der Waals surface area contributed by atoms with Gasteiger partial charge in [0.15, 0.2) is 0 Å². The number of aliphatic hydroxyl groups excluding tert-OH is 1. The van der Waals surface area contributed by atoms with Gasteiger partial charge in [0.1, 0.15) is 12.4 Å². The normalized spacial score (nSPS) is 17.5. The van der Waals surface area contributed by atoms with E-state index in [1.54, 1.807) is 23.9 Å². The van der Waals surface area contributed by atoms with Gasteiger partial charge in [-0.2, -0.15) is 11.8 Å². The van der Waals surface area contributed by atoms with Crippen LogP contribution in [0.4, 0.5) is 5.69 Å². The fourth-order valence-corrected chi connectivity index (χ4v) is 2.38. The maximum absolute atomic E-state index is 9.74. The van der Waals surface area contributed by atoms with Gasteiger partial charge in [0.2, 0.25) is 0 Å². The van der Waals surface area contributed by atoms with Crippen molar-refractivity contribution in [3.63, 3.8) is 0 Å². The van der Waals surface area contributed by atoms with Gasteiger partial charge in [-0.25, -0.2) is 0 Å². The summed E-state index contributed by atoms with van der Waals surface area (Å²) in [5, 5.41) is 10.3. The molecule has 3 N–H and O–H groups in total. The molecule has 17 heavy (non-hydrogen) atoms. The highest BCUT2D eigenvalue weighted by Crippen LogP contribution is 2.22. The van der Waals surface area contributed by atoms with E-state index in [9.17, 15) is 5.11 Å². The largest absolute Gasteiger partial charge is 0.489 e. The molecule has 1 heterocycles. The number of hydrogen-bond donors (Lipinski definition) is 2. The van der Waals surface area contributed by atoms with Gasteiger partial charge in [0, 0.05) is 5.75 Å². The first-order valence-electron chi connectivity index (χ1n) is 5.60. The molecule has 0 aromatic heterocycles. The van der Waals surface area contributed by atoms with Crippen LogP contribution in [0.15, 0.2) is 24.3 Å². The molecule has 1 unspecified atom stereocenters. The summed E-state index contributed by atoms with van der Waals surface area (Å²) in [6.07, 6.45) is -0.472. The lowest BCUT2D eigenvalue weighted by Crippen LogP contribution is -2.32. The minimum atomic E-state index is -0.472. The van der Waals surface area contributed by atoms with Crippen molar-refractivity contribution in [2.24, 2.45) is 0 Å². The molecule has 1 aliphatic rings. The van der Waals surface area contributed by atoms with Crippen molar-refractivity contribution in [3.05, 3.63) is 24.3 Å². The second-order valence-corrected chi connectivity index (χ2v) is 5.33. The average molecular weight is 255 g/mol. The molecule has 1 saturated heterocycles. The van der Waals surface area contributed by atoms with E-state index >= 15 is 0 Å². The van der Waals surface area contributed by atoms with Gasteiger partial charge >= 0.3 is 0 Å². The molecule has 0 spiro atoms. The minimum Gasteiger partial charge on any atom is -0.489 e. The lowest BCUT2D eigenvalue weighted by Gasteiger charge is -2.26. The predicted octanol–water partition coefficient (Wildman–Crippen LogP) is 1.14. The first-order chi connectivity index (χ1) is 8.25. The molecule has 0 amide bonds. The van der Waals surface area contributed by atoms with Crippen molar-refractivity contribution in [2.75, 3.05) is 31.3 Å². The first kappa shape index (κ1) is 12.5. The lowest BCUT2D eigenvalue weighted by atomic mass is 10.3. The molecule has 1 aromatic carbocycles. The third-order valence-corrected chi connectivity index (χ3v) is 3.80. The summed E-state index contributed by atoms with van der Waals surface area (Å²) in [6, 6.07) is 7.29. The lowest BCUT2D eigenvalue weighted by molar-refractivity contribution is 0.0450. The van der Waals surface area contributed by atoms with Gasteiger partial charge in [-0.3, -0.25) is 0 Å². The van der Waals surface area contributed by atoms with Crippen molar-refractivity contribution >= 4 is 17.4 Å². The first-order valence-corrected chi connectivity index (χ1v) is 6.65. The van der Waals surface area contributed by atoms with Crippen LogP contribution in [0.25, 0.3) is 0 Å². The van der Waals surface area contributed by atoms with E-state index in [0.717, 1.165) is 13.2 Å². The van der Waals surface area contributed by atoms with Crippen LogP contribution in [0.3, 0.4) is 0 Å². The van der Waals surface area contributed by atoms with Crippen LogP contribution in [-0.4, -0.2) is 42.0 Å². The number of ether oxygens (including phenoxy) is 2. The monoisotopic (exact) mass is 255 g/mol. The Labute approximate surface area is 105 Å². The maximum atomic E-state index is 9.74. The molecule has 2 rings (SSSR count). The number of hydrogen-bond acceptors (Lipinski definition) is 5. The fourth-order valence-electron chi connectivity index (χ4n) is 1.40. The molecule has 94 valence electrons. The molecule has 0 radical (unpaired) electrons. The smallest absolute Gasteiger partial charge is 0.142 e. The Hall–Kier alpha value is -0.910. The molecular formula is C12H17NO3S. The Morgan fingerprint density at radius 2 is 2.24 bits per heavy atom. The fraction of sp³-hybridized carbons (Fsp3) is 0.500. The summed E-state index contributed by atoms with van der Waals surface area (Å²) < 4.78 is 10.5. The van der Waals surface area contributed by atoms with Crippen LogP contribution in [0.1, 0.15) is 0 Å². The van der Waals surface area contributed by atoms with Gasteiger partial charge in [-0.1, -0.05) is 12.1 Å². The molecule has 1 fully saturated rings. The van der Waals surface area contributed by atoms with Crippen molar-refractivity contribution < 1.29 is 14.6 Å². The molecule has 1 atom stereocenters. The van der Waals surface area contributed by atoms with Crippen LogP contribution in [0.2, 0.25) is 0 Å². The van der Waals surface area contributed by atoms with Crippen LogP contribution in [0, 0.1) is 0 Å². The Morgan fingerprint density at radius 1 is 1.47 bits per heavy atom. The molecule has 1 aromatic rings. The second kappa shape index (κ2) is 6.14. The predicted molar refractivity (Wildman–Crippen MR) is 69.4 cm³/mol. The van der Waals surface area contributed by atoms with Gasteiger partial charge in [-0.05, 0) is 12.1 Å². The SMILES string of the molecule is Nc1ccccc1OCC(O)CSC1COC1. The van der Waals surface area contributed by atoms with E-state index in [4.69, 9.17) is 15.2 Å². The molecule has 1 aliphatic heterocycles. The molecule has 5 heteroatoms. The number of benzene rings is 1. The van der Waals surface area contributed by atoms with Crippen LogP contribution >= 0.6 is 11.8 Å². The Kier molecular flexibility index (Phi) is 4.53. The van der Waals surface area contributed by atoms with Crippen LogP contribution < -0.4 is 10.5 Å². The summed E-state index contributed by atoms with van der Waals surface area (Å²) in [5.74, 6) is 1.30. The zero-order valence-corrected chi connectivity index (χ0v) is 10.4. The molecule has 0 bridgehead atoms. The van der Waals surface area contributed by atoms with E-state index in [2.05, 4.69) is 0 Å². The van der Waals surface area contributed by atoms with Crippen molar-refractivity contribution in [3.8, 4) is 5.75 Å². The molecular weight excluding hydrogens is 238 g/mol. The molecule has 0 saturated carbocycles. The zero-order valence-electron chi connectivity index (χ0n) is 9.54. The summed E-state index contributed by atoms with van der Waals surface area (Å²) in [4.78, 5) is 0. The highest BCUT2D eigenvalue weighted by atomic mass is 32.2. The van der Waals surface area contributed by atoms with Crippen LogP contribution in [-0.2, 0) is 4.74 Å². The standard InChI is InChI=1S/C12H17NO3S/c13-11-3-1-2-4-12(11)16-5-9(14)8-17-10-6-15-7-10/h1-4,9-10,14H,5-8,13H2. The number of thioether (sulfide) groups is 1. The Morgan fingerprint density at radius 3 is 2.88 bits per heavy atom. The number of anilines is 1. The maximum Gasteiger partial charge on any atom is 0.142 e. The van der Waals surface area contributed by atoms with Gasteiger partial charge in [-0.15, -0.1) is 0 Å². The average Bonchev–Trinajstić information content (AvgIpc) is 2.26. The number of aliphatic hydroxyl groups is 1. The van der Waals surface area contributed by atoms with Crippen LogP contribution in [0.5, 0.6) is 5.75 Å². The van der Waals surface area contributed by atoms with Crippen molar-refractivity contribution in [2.45, 2.75) is 11.4 Å². The molecule has 4 nitrogen and oxygen atoms in total. The van der Waals surface area contributed by atoms with E-state index in [1.165, 1.54) is 0 Å². The summed E-state index contributed by atoms with van der Waals surface area (Å²) >= 11 is 1.72. The molecule has 0 aliphatic carbocycles. The van der Waals surface area contributed by atoms with E-state index in [1.807, 2.05) is 12.1 Å². The minimum absolute atomic E-state index is 0.273. The van der Waals surface area contributed by atoms with Gasteiger partial charge in [0.05, 0.1) is 30.3 Å². The quantitative estimate of drug-likeness (QED) is 0.746. The second-order valence-electron chi connectivity index (χ2n) is 4.00. The highest BCUT2D eigenvalue weighted by Gasteiger charge is 2.20. The third-order valence-electron chi connectivity index (χ3n) is 2.48. The van der Waals surface area contributed by atoms with Crippen molar-refractivity contribution in [1.29, 1.82) is 0 Å². The zero-order chi connectivity index (χ0) is 12.1. The number of nitrogen functional groups attached to an aromatic ring is 1. The third kappa shape index (κ3) is 3.80. The summed E-state index contributed by atoms with van der Waals surface area (Å²) in [7, 11) is 0. The summed E-state index contributed by atoms with van der Waals surface area (Å²) in [5.41, 5.74) is 6.33.